The number of unbranched alkanes of at least 4 members (excludes halogenated alkanes) is 3. The molecule has 0 saturated carbocycles. The van der Waals surface area contributed by atoms with Crippen LogP contribution in [0.2, 0.25) is 0 Å². The molecule has 9 heteroatoms. The molecule has 2 aromatic carbocycles. The maximum absolute atomic E-state index is 12.8. The van der Waals surface area contributed by atoms with Gasteiger partial charge < -0.3 is 26.4 Å². The van der Waals surface area contributed by atoms with E-state index in [0.717, 1.165) is 31.4 Å². The average molecular weight is 487 g/mol. The lowest BCUT2D eigenvalue weighted by atomic mass is 10.0. The molecule has 2 rings (SSSR count). The Morgan fingerprint density at radius 1 is 0.886 bits per heavy atom. The minimum atomic E-state index is -0.333. The molecule has 0 aliphatic rings. The Labute approximate surface area is 206 Å². The quantitative estimate of drug-likeness (QED) is 0.0527. The zero-order valence-electron chi connectivity index (χ0n) is 20.2. The van der Waals surface area contributed by atoms with Gasteiger partial charge in [0.1, 0.15) is 5.75 Å². The first-order chi connectivity index (χ1) is 16.8. The number of carbonyl (C=O) groups is 2. The van der Waals surface area contributed by atoms with Crippen molar-refractivity contribution in [1.82, 2.24) is 10.3 Å². The number of nitrogens with two attached hydrogens (primary N) is 2. The fraction of sp³-hybridized carbons (Fsp3) is 0.462. The summed E-state index contributed by atoms with van der Waals surface area (Å²) in [4.78, 5) is 25.0. The number of hydrazine groups is 1. The number of hydrogen-bond acceptors (Lipinski definition) is 8. The first kappa shape index (κ1) is 28.1. The zero-order valence-corrected chi connectivity index (χ0v) is 20.2. The number of phenols is 3. The van der Waals surface area contributed by atoms with Crippen LogP contribution in [0.3, 0.4) is 0 Å². The van der Waals surface area contributed by atoms with Crippen molar-refractivity contribution in [3.05, 3.63) is 53.6 Å². The number of aromatic hydroxyl groups is 3. The summed E-state index contributed by atoms with van der Waals surface area (Å²) in [5.74, 6) is 5.74. The lowest BCUT2D eigenvalue weighted by Gasteiger charge is -2.28. The molecule has 0 heterocycles. The summed E-state index contributed by atoms with van der Waals surface area (Å²) in [6.07, 6.45) is 4.90. The van der Waals surface area contributed by atoms with Crippen LogP contribution in [-0.4, -0.2) is 57.7 Å². The van der Waals surface area contributed by atoms with Gasteiger partial charge >= 0.3 is 0 Å². The van der Waals surface area contributed by atoms with E-state index in [4.69, 9.17) is 11.6 Å². The van der Waals surface area contributed by atoms with Crippen LogP contribution in [0.5, 0.6) is 17.2 Å². The highest BCUT2D eigenvalue weighted by Gasteiger charge is 2.21. The summed E-state index contributed by atoms with van der Waals surface area (Å²) in [6.45, 7) is 1.86. The fourth-order valence-electron chi connectivity index (χ4n) is 3.76. The number of hydrogen-bond donors (Lipinski definition) is 6. The van der Waals surface area contributed by atoms with Gasteiger partial charge in [0.15, 0.2) is 17.3 Å². The molecule has 0 spiro atoms. The maximum Gasteiger partial charge on any atom is 0.236 e. The Bertz CT molecular complexity index is 936. The first-order valence-electron chi connectivity index (χ1n) is 12.1. The number of rotatable bonds is 16. The predicted molar refractivity (Wildman–Crippen MR) is 135 cm³/mol. The highest BCUT2D eigenvalue weighted by molar-refractivity contribution is 5.96. The van der Waals surface area contributed by atoms with Gasteiger partial charge in [0, 0.05) is 24.9 Å². The molecule has 0 bridgehead atoms. The monoisotopic (exact) mass is 486 g/mol. The van der Waals surface area contributed by atoms with Gasteiger partial charge in [-0.05, 0) is 87.2 Å². The molecule has 0 radical (unpaired) electrons. The highest BCUT2D eigenvalue weighted by Crippen LogP contribution is 2.25. The summed E-state index contributed by atoms with van der Waals surface area (Å²) >= 11 is 0. The van der Waals surface area contributed by atoms with Crippen molar-refractivity contribution in [1.29, 1.82) is 0 Å². The van der Waals surface area contributed by atoms with E-state index in [2.05, 4.69) is 5.32 Å². The highest BCUT2D eigenvalue weighted by atomic mass is 16.3. The molecule has 1 atom stereocenters. The van der Waals surface area contributed by atoms with Gasteiger partial charge in [0.05, 0.1) is 6.04 Å². The number of carbonyl (C=O) groups excluding carboxylic acids is 2. The summed E-state index contributed by atoms with van der Waals surface area (Å²) in [5, 5.41) is 33.2. The van der Waals surface area contributed by atoms with Crippen LogP contribution in [0.25, 0.3) is 0 Å². The number of Topliss-reactive ketones (excluding diaryl/α,β-unsaturated/α-hetero) is 1. The molecule has 0 aromatic heterocycles. The van der Waals surface area contributed by atoms with E-state index >= 15 is 0 Å². The molecule has 8 N–H and O–H groups in total. The van der Waals surface area contributed by atoms with E-state index < -0.39 is 0 Å². The van der Waals surface area contributed by atoms with Crippen LogP contribution in [0.4, 0.5) is 0 Å². The molecule has 0 unspecified atom stereocenters. The molecule has 0 aliphatic heterocycles. The van der Waals surface area contributed by atoms with Crippen molar-refractivity contribution < 1.29 is 24.9 Å². The standard InChI is InChI=1S/C26H38N4O5/c27-14-4-5-15-29-18-21(16-19-8-13-24(33)25(34)17-19)30(28)26(35)7-3-1-2-6-23(32)20-9-11-22(31)12-10-20/h8-13,17,21,29,31,33-34H,1-7,14-16,18,27-28H2/t21-/m0/s1. The molecule has 9 nitrogen and oxygen atoms in total. The number of ketones is 1. The SMILES string of the molecule is NCCCCNC[C@H](Cc1ccc(O)c(O)c1)N(N)C(=O)CCCCCC(=O)c1ccc(O)cc1. The second kappa shape index (κ2) is 15.0. The summed E-state index contributed by atoms with van der Waals surface area (Å²) in [7, 11) is 0. The Morgan fingerprint density at radius 3 is 2.29 bits per heavy atom. The number of phenolic OH excluding ortho intramolecular Hbond substituents is 3. The summed E-state index contributed by atoms with van der Waals surface area (Å²) in [6, 6.07) is 10.4. The van der Waals surface area contributed by atoms with Crippen LogP contribution in [-0.2, 0) is 11.2 Å². The van der Waals surface area contributed by atoms with E-state index in [0.29, 0.717) is 44.3 Å². The van der Waals surface area contributed by atoms with E-state index in [9.17, 15) is 24.9 Å². The van der Waals surface area contributed by atoms with Crippen molar-refractivity contribution in [3.8, 4) is 17.2 Å². The first-order valence-corrected chi connectivity index (χ1v) is 12.1. The normalized spacial score (nSPS) is 11.8. The number of nitrogens with one attached hydrogen (secondary N) is 1. The van der Waals surface area contributed by atoms with Gasteiger partial charge in [-0.2, -0.15) is 0 Å². The number of amides is 1. The van der Waals surface area contributed by atoms with Crippen LogP contribution in [0.1, 0.15) is 60.9 Å². The Balaban J connectivity index is 1.82. The lowest BCUT2D eigenvalue weighted by molar-refractivity contribution is -0.134. The molecule has 0 fully saturated rings. The molecule has 192 valence electrons. The second-order valence-corrected chi connectivity index (χ2v) is 8.71. The largest absolute Gasteiger partial charge is 0.508 e. The van der Waals surface area contributed by atoms with E-state index in [1.807, 2.05) is 0 Å². The van der Waals surface area contributed by atoms with Gasteiger partial charge in [0.25, 0.3) is 0 Å². The molecular formula is C26H38N4O5. The third kappa shape index (κ3) is 9.94. The molecular weight excluding hydrogens is 448 g/mol. The third-order valence-corrected chi connectivity index (χ3v) is 5.86. The Hall–Kier alpha value is -3.14. The summed E-state index contributed by atoms with van der Waals surface area (Å²) < 4.78 is 0. The van der Waals surface area contributed by atoms with E-state index in [1.165, 1.54) is 29.3 Å². The minimum Gasteiger partial charge on any atom is -0.508 e. The zero-order chi connectivity index (χ0) is 25.6. The molecule has 2 aromatic rings. The molecule has 0 aliphatic carbocycles. The van der Waals surface area contributed by atoms with Crippen LogP contribution in [0.15, 0.2) is 42.5 Å². The van der Waals surface area contributed by atoms with Gasteiger partial charge in [-0.3, -0.25) is 14.6 Å². The average Bonchev–Trinajstić information content (AvgIpc) is 2.84. The van der Waals surface area contributed by atoms with E-state index in [1.54, 1.807) is 18.2 Å². The van der Waals surface area contributed by atoms with Gasteiger partial charge in [0.2, 0.25) is 5.91 Å². The van der Waals surface area contributed by atoms with E-state index in [-0.39, 0.29) is 41.4 Å². The van der Waals surface area contributed by atoms with Crippen molar-refractivity contribution >= 4 is 11.7 Å². The van der Waals surface area contributed by atoms with Crippen LogP contribution >= 0.6 is 0 Å². The predicted octanol–water partition coefficient (Wildman–Crippen LogP) is 2.58. The van der Waals surface area contributed by atoms with Crippen molar-refractivity contribution in [2.45, 2.75) is 57.4 Å². The number of nitrogens with zero attached hydrogens (tertiary/aromatic N) is 1. The third-order valence-electron chi connectivity index (χ3n) is 5.86. The minimum absolute atomic E-state index is 0.00898. The van der Waals surface area contributed by atoms with Crippen molar-refractivity contribution in [3.63, 3.8) is 0 Å². The lowest BCUT2D eigenvalue weighted by Crippen LogP contribution is -2.51. The molecule has 35 heavy (non-hydrogen) atoms. The molecule has 1 amide bonds. The second-order valence-electron chi connectivity index (χ2n) is 8.71. The fourth-order valence-corrected chi connectivity index (χ4v) is 3.76. The smallest absolute Gasteiger partial charge is 0.236 e. The Kier molecular flexibility index (Phi) is 12.0. The summed E-state index contributed by atoms with van der Waals surface area (Å²) in [5.41, 5.74) is 6.85. The topological polar surface area (TPSA) is 162 Å². The van der Waals surface area contributed by atoms with Crippen molar-refractivity contribution in [2.24, 2.45) is 11.6 Å². The van der Waals surface area contributed by atoms with Gasteiger partial charge in [-0.25, -0.2) is 5.84 Å². The van der Waals surface area contributed by atoms with Crippen LogP contribution < -0.4 is 16.9 Å². The Morgan fingerprint density at radius 2 is 1.60 bits per heavy atom. The number of benzene rings is 2. The van der Waals surface area contributed by atoms with Crippen molar-refractivity contribution in [2.75, 3.05) is 19.6 Å². The van der Waals surface area contributed by atoms with Crippen LogP contribution in [0, 0.1) is 0 Å². The van der Waals surface area contributed by atoms with Gasteiger partial charge in [-0.15, -0.1) is 0 Å². The maximum atomic E-state index is 12.8. The van der Waals surface area contributed by atoms with Gasteiger partial charge in [-0.1, -0.05) is 12.5 Å². The molecule has 0 saturated heterocycles.